The number of piperazine rings is 1. The number of amides is 1. The van der Waals surface area contributed by atoms with Gasteiger partial charge in [0, 0.05) is 45.8 Å². The van der Waals surface area contributed by atoms with Crippen LogP contribution < -0.4 is 5.32 Å². The number of likely N-dealkylation sites (N-methyl/N-ethyl adjacent to an activating group) is 2. The van der Waals surface area contributed by atoms with E-state index < -0.39 is 6.10 Å². The number of hydrogen-bond acceptors (Lipinski definition) is 5. The van der Waals surface area contributed by atoms with Crippen LogP contribution in [0.4, 0.5) is 0 Å². The van der Waals surface area contributed by atoms with Gasteiger partial charge in [-0.3, -0.25) is 14.6 Å². The second-order valence-electron chi connectivity index (χ2n) is 7.22. The minimum absolute atomic E-state index is 0.0178. The molecule has 25 heavy (non-hydrogen) atoms. The topological polar surface area (TPSA) is 59.1 Å². The van der Waals surface area contributed by atoms with Gasteiger partial charge in [0.05, 0.1) is 12.6 Å². The Bertz CT molecular complexity index is 544. The van der Waals surface area contributed by atoms with E-state index in [-0.39, 0.29) is 5.91 Å². The molecule has 0 bridgehead atoms. The molecule has 0 saturated carbocycles. The number of aliphatic hydroxyl groups is 1. The molecule has 2 N–H and O–H groups in total. The number of aliphatic hydroxyl groups excluding tert-OH is 1. The molecule has 0 spiro atoms. The summed E-state index contributed by atoms with van der Waals surface area (Å²) in [6.07, 6.45) is -0.432. The highest BCUT2D eigenvalue weighted by Crippen LogP contribution is 2.04. The van der Waals surface area contributed by atoms with Crippen molar-refractivity contribution in [2.75, 3.05) is 59.9 Å². The molecule has 1 aromatic carbocycles. The van der Waals surface area contributed by atoms with Crippen molar-refractivity contribution in [3.63, 3.8) is 0 Å². The standard InChI is InChI=1S/C19H32N4O2/c1-16-5-4-6-17(11-16)12-20-19(25)15-22(3)13-18(24)14-23-9-7-21(2)8-10-23/h4-6,11,18,24H,7-10,12-15H2,1-3H3,(H,20,25). The third-order valence-electron chi connectivity index (χ3n) is 4.57. The molecular formula is C19H32N4O2. The first-order valence-electron chi connectivity index (χ1n) is 9.02. The normalized spacial score (nSPS) is 17.6. The molecule has 1 saturated heterocycles. The fraction of sp³-hybridized carbons (Fsp3) is 0.632. The second kappa shape index (κ2) is 9.87. The quantitative estimate of drug-likeness (QED) is 0.700. The molecule has 0 aromatic heterocycles. The van der Waals surface area contributed by atoms with Gasteiger partial charge in [-0.15, -0.1) is 0 Å². The minimum Gasteiger partial charge on any atom is -0.390 e. The van der Waals surface area contributed by atoms with Gasteiger partial charge >= 0.3 is 0 Å². The first kappa shape index (κ1) is 19.8. The Morgan fingerprint density at radius 1 is 1.32 bits per heavy atom. The maximum absolute atomic E-state index is 12.1. The Kier molecular flexibility index (Phi) is 7.84. The Labute approximate surface area is 151 Å². The molecule has 140 valence electrons. The van der Waals surface area contributed by atoms with Crippen molar-refractivity contribution in [3.8, 4) is 0 Å². The number of rotatable bonds is 8. The minimum atomic E-state index is -0.432. The van der Waals surface area contributed by atoms with E-state index in [1.54, 1.807) is 0 Å². The first-order valence-corrected chi connectivity index (χ1v) is 9.02. The first-order chi connectivity index (χ1) is 11.9. The summed E-state index contributed by atoms with van der Waals surface area (Å²) in [6, 6.07) is 8.12. The lowest BCUT2D eigenvalue weighted by Gasteiger charge is -2.34. The highest BCUT2D eigenvalue weighted by atomic mass is 16.3. The Hall–Kier alpha value is -1.47. The zero-order valence-corrected chi connectivity index (χ0v) is 15.7. The molecule has 0 aliphatic carbocycles. The van der Waals surface area contributed by atoms with Crippen molar-refractivity contribution in [3.05, 3.63) is 35.4 Å². The van der Waals surface area contributed by atoms with E-state index in [1.807, 2.05) is 37.1 Å². The lowest BCUT2D eigenvalue weighted by molar-refractivity contribution is -0.122. The molecule has 1 aromatic rings. The summed E-state index contributed by atoms with van der Waals surface area (Å²) in [5, 5.41) is 13.2. The molecule has 6 heteroatoms. The number of nitrogens with zero attached hydrogens (tertiary/aromatic N) is 3. The third-order valence-corrected chi connectivity index (χ3v) is 4.57. The number of aryl methyl sites for hydroxylation is 1. The van der Waals surface area contributed by atoms with Gasteiger partial charge in [-0.1, -0.05) is 29.8 Å². The summed E-state index contributed by atoms with van der Waals surface area (Å²) >= 11 is 0. The van der Waals surface area contributed by atoms with Crippen molar-refractivity contribution in [2.45, 2.75) is 19.6 Å². The van der Waals surface area contributed by atoms with Crippen molar-refractivity contribution in [2.24, 2.45) is 0 Å². The van der Waals surface area contributed by atoms with Crippen molar-refractivity contribution in [1.29, 1.82) is 0 Å². The number of β-amino-alcohol motifs (C(OH)–C–C–N with tert-alkyl or cyclic N) is 1. The fourth-order valence-corrected chi connectivity index (χ4v) is 3.13. The lowest BCUT2D eigenvalue weighted by atomic mass is 10.1. The summed E-state index contributed by atoms with van der Waals surface area (Å²) in [7, 11) is 4.00. The molecule has 1 fully saturated rings. The van der Waals surface area contributed by atoms with Crippen LogP contribution in [0.1, 0.15) is 11.1 Å². The van der Waals surface area contributed by atoms with E-state index in [9.17, 15) is 9.90 Å². The predicted octanol–water partition coefficient (Wildman–Crippen LogP) is 0.151. The van der Waals surface area contributed by atoms with Crippen LogP contribution in [0.25, 0.3) is 0 Å². The van der Waals surface area contributed by atoms with E-state index in [2.05, 4.69) is 28.2 Å². The monoisotopic (exact) mass is 348 g/mol. The van der Waals surface area contributed by atoms with Crippen LogP contribution in [0.15, 0.2) is 24.3 Å². The van der Waals surface area contributed by atoms with Crippen LogP contribution >= 0.6 is 0 Å². The number of carbonyl (C=O) groups excluding carboxylic acids is 1. The molecular weight excluding hydrogens is 316 g/mol. The summed E-state index contributed by atoms with van der Waals surface area (Å²) < 4.78 is 0. The number of nitrogens with one attached hydrogen (secondary N) is 1. The number of benzene rings is 1. The van der Waals surface area contributed by atoms with Crippen LogP contribution in [0.3, 0.4) is 0 Å². The van der Waals surface area contributed by atoms with Gasteiger partial charge in [0.2, 0.25) is 5.91 Å². The highest BCUT2D eigenvalue weighted by molar-refractivity contribution is 5.77. The van der Waals surface area contributed by atoms with Crippen LogP contribution in [0.2, 0.25) is 0 Å². The Morgan fingerprint density at radius 3 is 2.72 bits per heavy atom. The average molecular weight is 348 g/mol. The van der Waals surface area contributed by atoms with Gasteiger partial charge in [-0.25, -0.2) is 0 Å². The van der Waals surface area contributed by atoms with E-state index in [0.29, 0.717) is 26.2 Å². The summed E-state index contributed by atoms with van der Waals surface area (Å²) in [5.41, 5.74) is 2.29. The highest BCUT2D eigenvalue weighted by Gasteiger charge is 2.18. The average Bonchev–Trinajstić information content (AvgIpc) is 2.55. The lowest BCUT2D eigenvalue weighted by Crippen LogP contribution is -2.49. The number of hydrogen-bond donors (Lipinski definition) is 2. The largest absolute Gasteiger partial charge is 0.390 e. The van der Waals surface area contributed by atoms with Gasteiger partial charge in [-0.2, -0.15) is 0 Å². The molecule has 6 nitrogen and oxygen atoms in total. The Morgan fingerprint density at radius 2 is 2.04 bits per heavy atom. The van der Waals surface area contributed by atoms with E-state index in [4.69, 9.17) is 0 Å². The maximum atomic E-state index is 12.1. The second-order valence-corrected chi connectivity index (χ2v) is 7.22. The fourth-order valence-electron chi connectivity index (χ4n) is 3.13. The van der Waals surface area contributed by atoms with Crippen molar-refractivity contribution >= 4 is 5.91 Å². The SMILES string of the molecule is Cc1cccc(CNC(=O)CN(C)CC(O)CN2CCN(C)CC2)c1. The molecule has 1 aliphatic rings. The molecule has 1 unspecified atom stereocenters. The smallest absolute Gasteiger partial charge is 0.234 e. The number of carbonyl (C=O) groups is 1. The molecule has 0 radical (unpaired) electrons. The predicted molar refractivity (Wildman–Crippen MR) is 100 cm³/mol. The Balaban J connectivity index is 1.64. The van der Waals surface area contributed by atoms with E-state index in [0.717, 1.165) is 31.7 Å². The van der Waals surface area contributed by atoms with Gasteiger partial charge in [0.25, 0.3) is 0 Å². The van der Waals surface area contributed by atoms with Crippen LogP contribution in [-0.2, 0) is 11.3 Å². The van der Waals surface area contributed by atoms with Crippen molar-refractivity contribution in [1.82, 2.24) is 20.0 Å². The van der Waals surface area contributed by atoms with Crippen LogP contribution in [0, 0.1) is 6.92 Å². The summed E-state index contributed by atoms with van der Waals surface area (Å²) in [6.45, 7) is 8.13. The van der Waals surface area contributed by atoms with Crippen LogP contribution in [-0.4, -0.2) is 91.7 Å². The summed E-state index contributed by atoms with van der Waals surface area (Å²) in [5.74, 6) is -0.0178. The molecule has 2 rings (SSSR count). The molecule has 1 atom stereocenters. The maximum Gasteiger partial charge on any atom is 0.234 e. The summed E-state index contributed by atoms with van der Waals surface area (Å²) in [4.78, 5) is 18.5. The van der Waals surface area contributed by atoms with Gasteiger partial charge in [0.15, 0.2) is 0 Å². The molecule has 1 heterocycles. The van der Waals surface area contributed by atoms with Gasteiger partial charge in [-0.05, 0) is 26.6 Å². The molecule has 1 aliphatic heterocycles. The van der Waals surface area contributed by atoms with Gasteiger partial charge in [0.1, 0.15) is 0 Å². The zero-order valence-electron chi connectivity index (χ0n) is 15.7. The van der Waals surface area contributed by atoms with E-state index >= 15 is 0 Å². The van der Waals surface area contributed by atoms with Crippen LogP contribution in [0.5, 0.6) is 0 Å². The zero-order chi connectivity index (χ0) is 18.2. The third kappa shape index (κ3) is 7.52. The van der Waals surface area contributed by atoms with E-state index in [1.165, 1.54) is 5.56 Å². The molecule has 1 amide bonds. The van der Waals surface area contributed by atoms with Gasteiger partial charge < -0.3 is 15.3 Å². The van der Waals surface area contributed by atoms with Crippen molar-refractivity contribution < 1.29 is 9.90 Å².